The number of para-hydroxylation sites is 1. The minimum Gasteiger partial charge on any atom is -0.468 e. The minimum absolute atomic E-state index is 0.250. The number of guanidine groups is 1. The molecule has 2 aliphatic heterocycles. The Hall–Kier alpha value is -2.47. The van der Waals surface area contributed by atoms with Gasteiger partial charge in [-0.25, -0.2) is 0 Å². The van der Waals surface area contributed by atoms with Gasteiger partial charge >= 0.3 is 0 Å². The second-order valence-corrected chi connectivity index (χ2v) is 7.64. The first-order valence-corrected chi connectivity index (χ1v) is 10.4. The van der Waals surface area contributed by atoms with E-state index in [0.717, 1.165) is 50.9 Å². The zero-order chi connectivity index (χ0) is 19.2. The van der Waals surface area contributed by atoms with Crippen molar-refractivity contribution in [1.29, 1.82) is 0 Å². The highest BCUT2D eigenvalue weighted by Crippen LogP contribution is 2.25. The van der Waals surface area contributed by atoms with Gasteiger partial charge in [0.2, 0.25) is 0 Å². The molecular weight excluding hydrogens is 350 g/mol. The van der Waals surface area contributed by atoms with E-state index in [2.05, 4.69) is 61.8 Å². The monoisotopic (exact) mass is 381 g/mol. The number of hydrogen-bond acceptors (Lipinski definition) is 4. The lowest BCUT2D eigenvalue weighted by molar-refractivity contribution is 0.215. The van der Waals surface area contributed by atoms with Crippen LogP contribution >= 0.6 is 0 Å². The molecule has 0 bridgehead atoms. The summed E-state index contributed by atoms with van der Waals surface area (Å²) in [6, 6.07) is 15.3. The molecule has 4 rings (SSSR count). The molecule has 0 saturated carbocycles. The first kappa shape index (κ1) is 18.9. The third-order valence-corrected chi connectivity index (χ3v) is 5.79. The lowest BCUT2D eigenvalue weighted by Crippen LogP contribution is -2.47. The summed E-state index contributed by atoms with van der Waals surface area (Å²) in [5, 5.41) is 7.14. The number of nitrogens with zero attached hydrogens (tertiary/aromatic N) is 3. The van der Waals surface area contributed by atoms with Crippen LogP contribution in [0, 0.1) is 0 Å². The Labute approximate surface area is 167 Å². The lowest BCUT2D eigenvalue weighted by Gasteiger charge is -2.27. The number of anilines is 1. The Balaban J connectivity index is 1.32. The zero-order valence-electron chi connectivity index (χ0n) is 16.7. The number of nitrogens with one attached hydrogen (secondary N) is 2. The third-order valence-electron chi connectivity index (χ3n) is 5.79. The average molecular weight is 382 g/mol. The van der Waals surface area contributed by atoms with Gasteiger partial charge in [0.05, 0.1) is 12.3 Å². The molecule has 6 heteroatoms. The first-order chi connectivity index (χ1) is 13.8. The molecule has 2 N–H and O–H groups in total. The summed E-state index contributed by atoms with van der Waals surface area (Å²) in [6.07, 6.45) is 5.41. The fraction of sp³-hybridized carbons (Fsp3) is 0.500. The Bertz CT molecular complexity index is 740. The number of hydrogen-bond donors (Lipinski definition) is 2. The van der Waals surface area contributed by atoms with Crippen molar-refractivity contribution in [3.8, 4) is 0 Å². The Kier molecular flexibility index (Phi) is 6.17. The summed E-state index contributed by atoms with van der Waals surface area (Å²) in [4.78, 5) is 9.39. The van der Waals surface area contributed by atoms with Gasteiger partial charge in [0.25, 0.3) is 0 Å². The quantitative estimate of drug-likeness (QED) is 0.595. The Morgan fingerprint density at radius 3 is 2.68 bits per heavy atom. The number of benzene rings is 1. The van der Waals surface area contributed by atoms with E-state index >= 15 is 0 Å². The third kappa shape index (κ3) is 4.50. The first-order valence-electron chi connectivity index (χ1n) is 10.4. The molecule has 2 saturated heterocycles. The summed E-state index contributed by atoms with van der Waals surface area (Å²) in [7, 11) is 1.84. The van der Waals surface area contributed by atoms with Gasteiger partial charge in [-0.2, -0.15) is 0 Å². The summed E-state index contributed by atoms with van der Waals surface area (Å²) in [5.41, 5.74) is 1.29. The second kappa shape index (κ2) is 9.15. The van der Waals surface area contributed by atoms with Crippen molar-refractivity contribution in [1.82, 2.24) is 15.5 Å². The van der Waals surface area contributed by atoms with Crippen molar-refractivity contribution in [2.45, 2.75) is 31.3 Å². The molecule has 2 fully saturated rings. The van der Waals surface area contributed by atoms with E-state index in [4.69, 9.17) is 4.42 Å². The van der Waals surface area contributed by atoms with Crippen molar-refractivity contribution in [3.05, 3.63) is 54.5 Å². The topological polar surface area (TPSA) is 56.0 Å². The van der Waals surface area contributed by atoms with Crippen molar-refractivity contribution in [2.24, 2.45) is 4.99 Å². The molecule has 0 amide bonds. The molecule has 2 aromatic rings. The van der Waals surface area contributed by atoms with Crippen molar-refractivity contribution >= 4 is 11.6 Å². The average Bonchev–Trinajstić information content (AvgIpc) is 3.51. The van der Waals surface area contributed by atoms with Crippen LogP contribution in [0.4, 0.5) is 5.69 Å². The van der Waals surface area contributed by atoms with Gasteiger partial charge in [-0.1, -0.05) is 18.2 Å². The molecule has 3 heterocycles. The van der Waals surface area contributed by atoms with E-state index in [1.807, 2.05) is 13.1 Å². The fourth-order valence-corrected chi connectivity index (χ4v) is 4.28. The van der Waals surface area contributed by atoms with E-state index in [-0.39, 0.29) is 6.04 Å². The minimum atomic E-state index is 0.250. The molecule has 150 valence electrons. The number of furan rings is 1. The maximum atomic E-state index is 5.72. The molecule has 28 heavy (non-hydrogen) atoms. The maximum Gasteiger partial charge on any atom is 0.191 e. The van der Waals surface area contributed by atoms with Crippen LogP contribution in [-0.4, -0.2) is 56.7 Å². The van der Waals surface area contributed by atoms with Crippen LogP contribution in [0.5, 0.6) is 0 Å². The van der Waals surface area contributed by atoms with Gasteiger partial charge in [0.15, 0.2) is 5.96 Å². The van der Waals surface area contributed by atoms with E-state index in [1.54, 1.807) is 6.26 Å². The highest BCUT2D eigenvalue weighted by molar-refractivity contribution is 5.80. The smallest absolute Gasteiger partial charge is 0.191 e. The Morgan fingerprint density at radius 1 is 1.14 bits per heavy atom. The summed E-state index contributed by atoms with van der Waals surface area (Å²) >= 11 is 0. The highest BCUT2D eigenvalue weighted by atomic mass is 16.3. The van der Waals surface area contributed by atoms with Crippen molar-refractivity contribution in [2.75, 3.05) is 44.7 Å². The van der Waals surface area contributed by atoms with Gasteiger partial charge in [-0.3, -0.25) is 9.89 Å². The standard InChI is InChI=1S/C22H31N5O/c1-23-22(25-18-11-14-27(17-18)19-8-3-2-4-9-19)24-16-20(21-10-7-15-28-21)26-12-5-6-13-26/h2-4,7-10,15,18,20H,5-6,11-14,16-17H2,1H3,(H2,23,24,25). The van der Waals surface area contributed by atoms with Crippen LogP contribution in [0.15, 0.2) is 58.1 Å². The molecule has 1 aromatic carbocycles. The zero-order valence-corrected chi connectivity index (χ0v) is 16.7. The molecule has 2 atom stereocenters. The lowest BCUT2D eigenvalue weighted by atomic mass is 10.2. The molecular formula is C22H31N5O. The van der Waals surface area contributed by atoms with Crippen molar-refractivity contribution in [3.63, 3.8) is 0 Å². The normalized spacial score (nSPS) is 21.8. The van der Waals surface area contributed by atoms with Crippen molar-refractivity contribution < 1.29 is 4.42 Å². The SMILES string of the molecule is CN=C(NCC(c1ccco1)N1CCCC1)NC1CCN(c2ccccc2)C1. The molecule has 0 spiro atoms. The fourth-order valence-electron chi connectivity index (χ4n) is 4.28. The molecule has 6 nitrogen and oxygen atoms in total. The van der Waals surface area contributed by atoms with Gasteiger partial charge in [0.1, 0.15) is 5.76 Å². The number of aliphatic imine (C=N–C) groups is 1. The van der Waals surface area contributed by atoms with Crippen LogP contribution in [0.2, 0.25) is 0 Å². The van der Waals surface area contributed by atoms with E-state index in [0.29, 0.717) is 6.04 Å². The molecule has 1 aromatic heterocycles. The van der Waals surface area contributed by atoms with Crippen LogP contribution in [0.3, 0.4) is 0 Å². The Morgan fingerprint density at radius 2 is 1.96 bits per heavy atom. The van der Waals surface area contributed by atoms with Crippen LogP contribution in [0.1, 0.15) is 31.1 Å². The summed E-state index contributed by atoms with van der Waals surface area (Å²) in [5.74, 6) is 1.90. The number of rotatable bonds is 6. The predicted octanol–water partition coefficient (Wildman–Crippen LogP) is 2.86. The maximum absolute atomic E-state index is 5.72. The van der Waals surface area contributed by atoms with Gasteiger partial charge < -0.3 is 20.0 Å². The molecule has 2 aliphatic rings. The van der Waals surface area contributed by atoms with Crippen LogP contribution in [-0.2, 0) is 0 Å². The molecule has 2 unspecified atom stereocenters. The molecule has 0 aliphatic carbocycles. The summed E-state index contributed by atoms with van der Waals surface area (Å²) in [6.45, 7) is 5.13. The van der Waals surface area contributed by atoms with Gasteiger partial charge in [-0.15, -0.1) is 0 Å². The van der Waals surface area contributed by atoms with E-state index in [9.17, 15) is 0 Å². The van der Waals surface area contributed by atoms with Crippen LogP contribution < -0.4 is 15.5 Å². The predicted molar refractivity (Wildman–Crippen MR) is 114 cm³/mol. The van der Waals surface area contributed by atoms with E-state index < -0.39 is 0 Å². The summed E-state index contributed by atoms with van der Waals surface area (Å²) < 4.78 is 5.72. The largest absolute Gasteiger partial charge is 0.468 e. The second-order valence-electron chi connectivity index (χ2n) is 7.64. The van der Waals surface area contributed by atoms with E-state index in [1.165, 1.54) is 18.5 Å². The number of likely N-dealkylation sites (tertiary alicyclic amines) is 1. The van der Waals surface area contributed by atoms with Crippen LogP contribution in [0.25, 0.3) is 0 Å². The van der Waals surface area contributed by atoms with Gasteiger partial charge in [0, 0.05) is 38.4 Å². The molecule has 0 radical (unpaired) electrons. The highest BCUT2D eigenvalue weighted by Gasteiger charge is 2.27. The van der Waals surface area contributed by atoms with Gasteiger partial charge in [-0.05, 0) is 56.6 Å².